The van der Waals surface area contributed by atoms with E-state index in [0.717, 1.165) is 24.2 Å². The van der Waals surface area contributed by atoms with E-state index in [2.05, 4.69) is 25.9 Å². The number of fused-ring (bicyclic) bond motifs is 1. The predicted molar refractivity (Wildman–Crippen MR) is 144 cm³/mol. The summed E-state index contributed by atoms with van der Waals surface area (Å²) in [6.45, 7) is 3.44. The van der Waals surface area contributed by atoms with Gasteiger partial charge in [0.25, 0.3) is 0 Å². The lowest BCUT2D eigenvalue weighted by atomic mass is 9.96. The number of rotatable bonds is 6. The summed E-state index contributed by atoms with van der Waals surface area (Å²) < 4.78 is 28.2. The number of methoxy groups -OCH3 is 1. The molecule has 0 N–H and O–H groups in total. The van der Waals surface area contributed by atoms with Crippen LogP contribution in [0.4, 0.5) is 15.0 Å². The monoisotopic (exact) mass is 539 g/mol. The number of carbonyl (C=O) groups is 1. The maximum absolute atomic E-state index is 15.3. The first-order valence-corrected chi connectivity index (χ1v) is 12.8. The Morgan fingerprint density at radius 1 is 1.25 bits per heavy atom. The van der Waals surface area contributed by atoms with Crippen molar-refractivity contribution in [2.75, 3.05) is 12.0 Å². The number of hydrogen-bond donors (Lipinski definition) is 0. The van der Waals surface area contributed by atoms with E-state index >= 15 is 4.39 Å². The number of amides is 1. The Hall–Kier alpha value is -4.85. The fraction of sp³-hybridized carbons (Fsp3) is 0.310. The summed E-state index contributed by atoms with van der Waals surface area (Å²) in [6.07, 6.45) is 11.9. The molecule has 0 spiro atoms. The molecular weight excluding hydrogens is 513 g/mol. The van der Waals surface area contributed by atoms with Gasteiger partial charge >= 0.3 is 6.09 Å². The number of nitrogens with zero attached hydrogens (tertiary/aromatic N) is 7. The molecule has 0 saturated heterocycles. The highest BCUT2D eigenvalue weighted by Gasteiger charge is 2.43. The highest BCUT2D eigenvalue weighted by Crippen LogP contribution is 2.46. The number of terminal acetylenes is 1. The summed E-state index contributed by atoms with van der Waals surface area (Å²) in [6, 6.07) is 4.77. The van der Waals surface area contributed by atoms with Crippen molar-refractivity contribution in [3.05, 3.63) is 65.3 Å². The van der Waals surface area contributed by atoms with Crippen LogP contribution in [0.15, 0.2) is 36.9 Å². The van der Waals surface area contributed by atoms with Crippen LogP contribution in [0, 0.1) is 25.1 Å². The van der Waals surface area contributed by atoms with Crippen molar-refractivity contribution < 1.29 is 18.7 Å². The second kappa shape index (κ2) is 9.41. The lowest BCUT2D eigenvalue weighted by Crippen LogP contribution is -2.44. The van der Waals surface area contributed by atoms with Crippen LogP contribution in [0.1, 0.15) is 48.2 Å². The molecular formula is C29H26FN7O3. The normalized spacial score (nSPS) is 18.2. The lowest BCUT2D eigenvalue weighted by Gasteiger charge is -2.36. The van der Waals surface area contributed by atoms with Crippen molar-refractivity contribution in [1.82, 2.24) is 29.5 Å². The van der Waals surface area contributed by atoms with Gasteiger partial charge in [-0.05, 0) is 44.4 Å². The first-order chi connectivity index (χ1) is 19.2. The van der Waals surface area contributed by atoms with Crippen LogP contribution >= 0.6 is 0 Å². The Morgan fingerprint density at radius 2 is 2.05 bits per heavy atom. The lowest BCUT2D eigenvalue weighted by molar-refractivity contribution is 0.0625. The molecule has 1 atom stereocenters. The standard InChI is InChI=1S/C29H26FN7O3/c1-6-29(3)20-12-31-24(22-23(18-8-9-18)32-15-33-27(22)39-5)35-26(20)37(28(38)40-29)14-17-7-10-19(21(30)11-17)25-34-16(2)13-36(25)4/h1,7,10-13,15,18H,8-9,14H2,2-5H3. The van der Waals surface area contributed by atoms with Crippen LogP contribution in [-0.2, 0) is 23.9 Å². The predicted octanol–water partition coefficient (Wildman–Crippen LogP) is 4.67. The maximum atomic E-state index is 15.3. The number of cyclic esters (lactones) is 1. The highest BCUT2D eigenvalue weighted by atomic mass is 19.1. The number of hydrogen-bond acceptors (Lipinski definition) is 8. The third-order valence-corrected chi connectivity index (χ3v) is 7.16. The van der Waals surface area contributed by atoms with Crippen LogP contribution < -0.4 is 9.64 Å². The third-order valence-electron chi connectivity index (χ3n) is 7.16. The second-order valence-corrected chi connectivity index (χ2v) is 10.1. The van der Waals surface area contributed by atoms with Crippen molar-refractivity contribution in [2.45, 2.75) is 44.8 Å². The van der Waals surface area contributed by atoms with Gasteiger partial charge in [-0.1, -0.05) is 12.0 Å². The largest absolute Gasteiger partial charge is 0.480 e. The molecule has 3 aromatic heterocycles. The molecule has 0 radical (unpaired) electrons. The fourth-order valence-electron chi connectivity index (χ4n) is 4.95. The molecule has 1 aliphatic carbocycles. The first kappa shape index (κ1) is 25.4. The number of carbonyl (C=O) groups excluding carboxylic acids is 1. The van der Waals surface area contributed by atoms with Gasteiger partial charge in [-0.3, -0.25) is 4.90 Å². The van der Waals surface area contributed by atoms with Crippen LogP contribution in [0.3, 0.4) is 0 Å². The van der Waals surface area contributed by atoms with E-state index < -0.39 is 17.5 Å². The smallest absolute Gasteiger partial charge is 0.417 e. The van der Waals surface area contributed by atoms with Gasteiger partial charge in [0.05, 0.1) is 36.2 Å². The van der Waals surface area contributed by atoms with Crippen molar-refractivity contribution in [3.63, 3.8) is 0 Å². The highest BCUT2D eigenvalue weighted by molar-refractivity contribution is 5.91. The van der Waals surface area contributed by atoms with Gasteiger partial charge in [-0.25, -0.2) is 34.1 Å². The van der Waals surface area contributed by atoms with E-state index in [-0.39, 0.29) is 18.3 Å². The van der Waals surface area contributed by atoms with Crippen LogP contribution in [0.5, 0.6) is 5.88 Å². The summed E-state index contributed by atoms with van der Waals surface area (Å²) in [5.74, 6) is 3.74. The zero-order valence-corrected chi connectivity index (χ0v) is 22.5. The number of aromatic nitrogens is 6. The minimum absolute atomic E-state index is 0.0162. The van der Waals surface area contributed by atoms with E-state index in [1.54, 1.807) is 29.8 Å². The number of halogens is 1. The van der Waals surface area contributed by atoms with Crippen LogP contribution in [0.25, 0.3) is 22.8 Å². The quantitative estimate of drug-likeness (QED) is 0.325. The topological polar surface area (TPSA) is 108 Å². The molecule has 1 unspecified atom stereocenters. The summed E-state index contributed by atoms with van der Waals surface area (Å²) in [5, 5.41) is 0. The molecule has 4 heterocycles. The summed E-state index contributed by atoms with van der Waals surface area (Å²) >= 11 is 0. The molecule has 1 fully saturated rings. The SMILES string of the molecule is C#CC1(C)OC(=O)N(Cc2ccc(-c3nc(C)cn3C)c(F)c2)c2nc(-c3c(OC)ncnc3C3CC3)ncc21. The Balaban J connectivity index is 1.43. The van der Waals surface area contributed by atoms with E-state index in [9.17, 15) is 4.79 Å². The maximum Gasteiger partial charge on any atom is 0.417 e. The molecule has 1 saturated carbocycles. The number of anilines is 1. The Morgan fingerprint density at radius 3 is 2.70 bits per heavy atom. The molecule has 40 heavy (non-hydrogen) atoms. The van der Waals surface area contributed by atoms with E-state index in [0.29, 0.717) is 39.8 Å². The summed E-state index contributed by atoms with van der Waals surface area (Å²) in [7, 11) is 3.33. The molecule has 11 heteroatoms. The van der Waals surface area contributed by atoms with Gasteiger partial charge in [-0.15, -0.1) is 6.42 Å². The van der Waals surface area contributed by atoms with Crippen molar-refractivity contribution in [3.8, 4) is 41.0 Å². The Bertz CT molecular complexity index is 1710. The molecule has 10 nitrogen and oxygen atoms in total. The molecule has 1 amide bonds. The van der Waals surface area contributed by atoms with Gasteiger partial charge in [0.15, 0.2) is 11.6 Å². The van der Waals surface area contributed by atoms with Crippen molar-refractivity contribution in [2.24, 2.45) is 7.05 Å². The zero-order valence-electron chi connectivity index (χ0n) is 22.5. The molecule has 1 aliphatic heterocycles. The molecule has 202 valence electrons. The van der Waals surface area contributed by atoms with Gasteiger partial charge in [0.1, 0.15) is 23.5 Å². The molecule has 6 rings (SSSR count). The van der Waals surface area contributed by atoms with Crippen molar-refractivity contribution >= 4 is 11.9 Å². The van der Waals surface area contributed by atoms with Crippen LogP contribution in [-0.4, -0.2) is 42.7 Å². The van der Waals surface area contributed by atoms with E-state index in [1.165, 1.54) is 24.4 Å². The third kappa shape index (κ3) is 4.22. The Labute approximate surface area is 230 Å². The summed E-state index contributed by atoms with van der Waals surface area (Å²) in [4.78, 5) is 37.1. The molecule has 1 aromatic carbocycles. The average Bonchev–Trinajstić information content (AvgIpc) is 3.74. The minimum Gasteiger partial charge on any atom is -0.480 e. The van der Waals surface area contributed by atoms with E-state index in [4.69, 9.17) is 20.9 Å². The van der Waals surface area contributed by atoms with Gasteiger partial charge in [0.2, 0.25) is 11.5 Å². The fourth-order valence-corrected chi connectivity index (χ4v) is 4.95. The molecule has 0 bridgehead atoms. The average molecular weight is 540 g/mol. The zero-order chi connectivity index (χ0) is 28.2. The van der Waals surface area contributed by atoms with E-state index in [1.807, 2.05) is 20.2 Å². The van der Waals surface area contributed by atoms with Gasteiger partial charge in [-0.2, -0.15) is 0 Å². The van der Waals surface area contributed by atoms with Gasteiger partial charge < -0.3 is 14.0 Å². The number of benzene rings is 1. The number of ether oxygens (including phenoxy) is 2. The van der Waals surface area contributed by atoms with Gasteiger partial charge in [0, 0.05) is 25.4 Å². The number of imidazole rings is 1. The Kier molecular flexibility index (Phi) is 5.98. The van der Waals surface area contributed by atoms with Crippen LogP contribution in [0.2, 0.25) is 0 Å². The first-order valence-electron chi connectivity index (χ1n) is 12.8. The minimum atomic E-state index is -1.39. The van der Waals surface area contributed by atoms with Crippen molar-refractivity contribution in [1.29, 1.82) is 0 Å². The molecule has 2 aliphatic rings. The second-order valence-electron chi connectivity index (χ2n) is 10.1. The molecule has 4 aromatic rings. The number of aryl methyl sites for hydroxylation is 2. The summed E-state index contributed by atoms with van der Waals surface area (Å²) in [5.41, 5.74) is 2.07.